The van der Waals surface area contributed by atoms with E-state index in [9.17, 15) is 9.90 Å². The normalized spacial score (nSPS) is 11.4. The van der Waals surface area contributed by atoms with E-state index in [1.165, 1.54) is 96.3 Å². The molecule has 0 aromatic rings. The van der Waals surface area contributed by atoms with Crippen LogP contribution < -0.4 is 0 Å². The van der Waals surface area contributed by atoms with Gasteiger partial charge in [-0.15, -0.1) is 0 Å². The highest BCUT2D eigenvalue weighted by atomic mass is 16.5. The standard InChI is InChI=1S/C27H55NO3/c1-3-5-7-9-11-16-20-26-31-27(30)21-17-13-12-15-19-23-28(24-25-29)22-18-14-10-8-6-4-2/h29H,3-26H2,1-2H3. The van der Waals surface area contributed by atoms with Crippen LogP contribution in [0.3, 0.4) is 0 Å². The summed E-state index contributed by atoms with van der Waals surface area (Å²) < 4.78 is 5.35. The van der Waals surface area contributed by atoms with Crippen LogP contribution >= 0.6 is 0 Å². The van der Waals surface area contributed by atoms with Crippen molar-refractivity contribution in [3.05, 3.63) is 0 Å². The van der Waals surface area contributed by atoms with Crippen molar-refractivity contribution in [1.82, 2.24) is 4.90 Å². The van der Waals surface area contributed by atoms with Crippen molar-refractivity contribution in [2.75, 3.05) is 32.8 Å². The smallest absolute Gasteiger partial charge is 0.305 e. The Bertz CT molecular complexity index is 362. The SMILES string of the molecule is CCCCCCCCCOC(=O)CCCCCCCN(CCO)CCCCCCCC. The molecule has 0 saturated heterocycles. The van der Waals surface area contributed by atoms with Gasteiger partial charge < -0.3 is 14.7 Å². The molecule has 4 nitrogen and oxygen atoms in total. The summed E-state index contributed by atoms with van der Waals surface area (Å²) >= 11 is 0. The third kappa shape index (κ3) is 23.9. The molecule has 0 spiro atoms. The second-order valence-corrected chi connectivity index (χ2v) is 9.19. The maximum atomic E-state index is 11.8. The Labute approximate surface area is 194 Å². The number of carbonyl (C=O) groups is 1. The van der Waals surface area contributed by atoms with Gasteiger partial charge in [-0.2, -0.15) is 0 Å². The highest BCUT2D eigenvalue weighted by molar-refractivity contribution is 5.69. The van der Waals surface area contributed by atoms with Crippen LogP contribution in [0.5, 0.6) is 0 Å². The minimum absolute atomic E-state index is 0.0148. The van der Waals surface area contributed by atoms with E-state index in [0.717, 1.165) is 38.9 Å². The summed E-state index contributed by atoms with van der Waals surface area (Å²) in [7, 11) is 0. The van der Waals surface area contributed by atoms with Crippen molar-refractivity contribution < 1.29 is 14.6 Å². The zero-order chi connectivity index (χ0) is 22.8. The molecule has 0 radical (unpaired) electrons. The fraction of sp³-hybridized carbons (Fsp3) is 0.963. The molecule has 186 valence electrons. The summed E-state index contributed by atoms with van der Waals surface area (Å²) in [5, 5.41) is 9.28. The van der Waals surface area contributed by atoms with Gasteiger partial charge in [-0.1, -0.05) is 104 Å². The van der Waals surface area contributed by atoms with E-state index >= 15 is 0 Å². The lowest BCUT2D eigenvalue weighted by Gasteiger charge is -2.21. The van der Waals surface area contributed by atoms with E-state index in [4.69, 9.17) is 4.74 Å². The molecule has 31 heavy (non-hydrogen) atoms. The van der Waals surface area contributed by atoms with Gasteiger partial charge >= 0.3 is 5.97 Å². The number of hydrogen-bond acceptors (Lipinski definition) is 4. The molecule has 1 N–H and O–H groups in total. The summed E-state index contributed by atoms with van der Waals surface area (Å²) in [6, 6.07) is 0. The van der Waals surface area contributed by atoms with Crippen LogP contribution in [0.15, 0.2) is 0 Å². The third-order valence-electron chi connectivity index (χ3n) is 6.11. The lowest BCUT2D eigenvalue weighted by molar-refractivity contribution is -0.143. The van der Waals surface area contributed by atoms with Crippen LogP contribution in [0.1, 0.15) is 136 Å². The zero-order valence-corrected chi connectivity index (χ0v) is 21.2. The summed E-state index contributed by atoms with van der Waals surface area (Å²) in [4.78, 5) is 14.2. The second kappa shape index (κ2) is 25.6. The quantitative estimate of drug-likeness (QED) is 0.119. The summed E-state index contributed by atoms with van der Waals surface area (Å²) in [5.74, 6) is -0.0148. The van der Waals surface area contributed by atoms with Crippen molar-refractivity contribution in [1.29, 1.82) is 0 Å². The van der Waals surface area contributed by atoms with Crippen molar-refractivity contribution in [2.45, 2.75) is 136 Å². The van der Waals surface area contributed by atoms with Gasteiger partial charge in [0.25, 0.3) is 0 Å². The van der Waals surface area contributed by atoms with Crippen molar-refractivity contribution in [3.8, 4) is 0 Å². The number of hydrogen-bond donors (Lipinski definition) is 1. The van der Waals surface area contributed by atoms with Crippen LogP contribution in [-0.2, 0) is 9.53 Å². The zero-order valence-electron chi connectivity index (χ0n) is 21.2. The Morgan fingerprint density at radius 3 is 1.58 bits per heavy atom. The van der Waals surface area contributed by atoms with Gasteiger partial charge in [-0.3, -0.25) is 4.79 Å². The van der Waals surface area contributed by atoms with E-state index in [0.29, 0.717) is 13.0 Å². The van der Waals surface area contributed by atoms with Crippen molar-refractivity contribution in [2.24, 2.45) is 0 Å². The molecule has 0 rings (SSSR count). The lowest BCUT2D eigenvalue weighted by atomic mass is 10.1. The molecule has 0 saturated carbocycles. The molecule has 0 fully saturated rings. The Balaban J connectivity index is 3.46. The Morgan fingerprint density at radius 1 is 0.613 bits per heavy atom. The first-order valence-corrected chi connectivity index (χ1v) is 13.7. The number of rotatable bonds is 25. The molecule has 0 aliphatic carbocycles. The predicted octanol–water partition coefficient (Wildman–Crippen LogP) is 7.28. The van der Waals surface area contributed by atoms with Gasteiger partial charge in [0, 0.05) is 13.0 Å². The molecule has 0 atom stereocenters. The number of aliphatic hydroxyl groups excluding tert-OH is 1. The topological polar surface area (TPSA) is 49.8 Å². The van der Waals surface area contributed by atoms with E-state index in [-0.39, 0.29) is 12.6 Å². The number of carbonyl (C=O) groups excluding carboxylic acids is 1. The Hall–Kier alpha value is -0.610. The van der Waals surface area contributed by atoms with Crippen LogP contribution in [0.4, 0.5) is 0 Å². The van der Waals surface area contributed by atoms with Crippen LogP contribution in [0, 0.1) is 0 Å². The van der Waals surface area contributed by atoms with Crippen LogP contribution in [0.25, 0.3) is 0 Å². The van der Waals surface area contributed by atoms with Gasteiger partial charge in [0.1, 0.15) is 0 Å². The minimum atomic E-state index is -0.0148. The van der Waals surface area contributed by atoms with Crippen molar-refractivity contribution in [3.63, 3.8) is 0 Å². The molecular weight excluding hydrogens is 386 g/mol. The van der Waals surface area contributed by atoms with Crippen molar-refractivity contribution >= 4 is 5.97 Å². The molecule has 0 aliphatic heterocycles. The molecule has 0 amide bonds. The van der Waals surface area contributed by atoms with Gasteiger partial charge in [0.2, 0.25) is 0 Å². The minimum Gasteiger partial charge on any atom is -0.466 e. The number of unbranched alkanes of at least 4 members (excludes halogenated alkanes) is 15. The van der Waals surface area contributed by atoms with E-state index in [1.54, 1.807) is 0 Å². The van der Waals surface area contributed by atoms with Gasteiger partial charge in [-0.25, -0.2) is 0 Å². The number of esters is 1. The monoisotopic (exact) mass is 441 g/mol. The van der Waals surface area contributed by atoms with E-state index < -0.39 is 0 Å². The predicted molar refractivity (Wildman–Crippen MR) is 134 cm³/mol. The van der Waals surface area contributed by atoms with Crippen LogP contribution in [-0.4, -0.2) is 48.8 Å². The second-order valence-electron chi connectivity index (χ2n) is 9.19. The lowest BCUT2D eigenvalue weighted by Crippen LogP contribution is -2.29. The number of ether oxygens (including phenoxy) is 1. The summed E-state index contributed by atoms with van der Waals surface area (Å²) in [6.45, 7) is 8.38. The third-order valence-corrected chi connectivity index (χ3v) is 6.11. The summed E-state index contributed by atoms with van der Waals surface area (Å²) in [5.41, 5.74) is 0. The fourth-order valence-electron chi connectivity index (χ4n) is 4.04. The Kier molecular flexibility index (Phi) is 25.1. The van der Waals surface area contributed by atoms with E-state index in [1.807, 2.05) is 0 Å². The number of nitrogens with zero attached hydrogens (tertiary/aromatic N) is 1. The highest BCUT2D eigenvalue weighted by Gasteiger charge is 2.05. The van der Waals surface area contributed by atoms with Gasteiger partial charge in [0.15, 0.2) is 0 Å². The maximum absolute atomic E-state index is 11.8. The molecule has 0 aromatic heterocycles. The Morgan fingerprint density at radius 2 is 1.06 bits per heavy atom. The first-order chi connectivity index (χ1) is 15.2. The molecular formula is C27H55NO3. The summed E-state index contributed by atoms with van der Waals surface area (Å²) in [6.07, 6.45) is 22.9. The molecule has 4 heteroatoms. The molecule has 0 aliphatic rings. The van der Waals surface area contributed by atoms with Gasteiger partial charge in [-0.05, 0) is 38.8 Å². The molecule has 0 heterocycles. The van der Waals surface area contributed by atoms with Gasteiger partial charge in [0.05, 0.1) is 13.2 Å². The first-order valence-electron chi connectivity index (χ1n) is 13.7. The fourth-order valence-corrected chi connectivity index (χ4v) is 4.04. The maximum Gasteiger partial charge on any atom is 0.305 e. The molecule has 0 unspecified atom stereocenters. The first kappa shape index (κ1) is 30.4. The largest absolute Gasteiger partial charge is 0.466 e. The number of aliphatic hydroxyl groups is 1. The average Bonchev–Trinajstić information content (AvgIpc) is 2.77. The molecule has 0 bridgehead atoms. The molecule has 0 aromatic carbocycles. The average molecular weight is 442 g/mol. The van der Waals surface area contributed by atoms with Crippen LogP contribution in [0.2, 0.25) is 0 Å². The van der Waals surface area contributed by atoms with E-state index in [2.05, 4.69) is 18.7 Å². The highest BCUT2D eigenvalue weighted by Crippen LogP contribution is 2.10.